The molecule has 29 heavy (non-hydrogen) atoms. The van der Waals surface area contributed by atoms with Gasteiger partial charge >= 0.3 is 5.97 Å². The van der Waals surface area contributed by atoms with E-state index in [0.29, 0.717) is 5.56 Å². The van der Waals surface area contributed by atoms with Crippen molar-refractivity contribution >= 4 is 21.8 Å². The normalized spacial score (nSPS) is 14.0. The average Bonchev–Trinajstić information content (AvgIpc) is 2.45. The van der Waals surface area contributed by atoms with Gasteiger partial charge in [-0.1, -0.05) is 105 Å². The molecule has 0 fully saturated rings. The Morgan fingerprint density at radius 1 is 0.690 bits per heavy atom. The highest BCUT2D eigenvalue weighted by Crippen LogP contribution is 2.64. The lowest BCUT2D eigenvalue weighted by atomic mass is 10.1. The lowest BCUT2D eigenvalue weighted by Crippen LogP contribution is -2.27. The standard InChI is InChI=1S/C25H44O2P2/c1-22(2,3)28(23(4,5)6)16-19-14-13-18(21(26)27)15-20(19)17-29(24(7,8)9)25(10,11)12/h13-15H,16-17H2,1-12H3,(H,26,27). The van der Waals surface area contributed by atoms with Crippen molar-refractivity contribution in [2.24, 2.45) is 0 Å². The second kappa shape index (κ2) is 8.96. The van der Waals surface area contributed by atoms with Crippen LogP contribution in [0, 0.1) is 0 Å². The fourth-order valence-corrected chi connectivity index (χ4v) is 11.6. The third-order valence-electron chi connectivity index (χ3n) is 5.35. The number of hydrogen-bond acceptors (Lipinski definition) is 1. The topological polar surface area (TPSA) is 37.3 Å². The first kappa shape index (κ1) is 26.6. The van der Waals surface area contributed by atoms with Crippen LogP contribution in [0.25, 0.3) is 0 Å². The van der Waals surface area contributed by atoms with Gasteiger partial charge in [-0.15, -0.1) is 0 Å². The summed E-state index contributed by atoms with van der Waals surface area (Å²) in [5, 5.41) is 10.5. The summed E-state index contributed by atoms with van der Waals surface area (Å²) in [5.74, 6) is -0.831. The van der Waals surface area contributed by atoms with Crippen molar-refractivity contribution in [2.75, 3.05) is 0 Å². The average molecular weight is 439 g/mol. The van der Waals surface area contributed by atoms with Gasteiger partial charge in [-0.05, 0) is 56.2 Å². The molecular formula is C25H44O2P2. The van der Waals surface area contributed by atoms with Crippen molar-refractivity contribution in [3.05, 3.63) is 34.9 Å². The summed E-state index contributed by atoms with van der Waals surface area (Å²) in [6.07, 6.45) is 2.03. The molecule has 1 aromatic carbocycles. The molecule has 0 heterocycles. The van der Waals surface area contributed by atoms with Gasteiger partial charge in [0, 0.05) is 0 Å². The Morgan fingerprint density at radius 2 is 1.03 bits per heavy atom. The zero-order valence-corrected chi connectivity index (χ0v) is 22.7. The summed E-state index contributed by atoms with van der Waals surface area (Å²) in [7, 11) is -0.615. The van der Waals surface area contributed by atoms with Crippen LogP contribution in [0.15, 0.2) is 18.2 Å². The smallest absolute Gasteiger partial charge is 0.335 e. The van der Waals surface area contributed by atoms with Gasteiger partial charge in [0.05, 0.1) is 5.56 Å². The number of benzene rings is 1. The Kier molecular flexibility index (Phi) is 8.22. The predicted octanol–water partition coefficient (Wildman–Crippen LogP) is 8.54. The summed E-state index contributed by atoms with van der Waals surface area (Å²) >= 11 is 0. The monoisotopic (exact) mass is 438 g/mol. The van der Waals surface area contributed by atoms with Crippen LogP contribution in [0.1, 0.15) is 105 Å². The van der Waals surface area contributed by atoms with Crippen LogP contribution in [0.5, 0.6) is 0 Å². The molecule has 0 aliphatic rings. The first-order chi connectivity index (χ1) is 12.7. The minimum Gasteiger partial charge on any atom is -0.478 e. The molecule has 0 spiro atoms. The third kappa shape index (κ3) is 7.63. The third-order valence-corrected chi connectivity index (χ3v) is 13.1. The van der Waals surface area contributed by atoms with Gasteiger partial charge in [0.2, 0.25) is 0 Å². The second-order valence-corrected chi connectivity index (χ2v) is 19.9. The van der Waals surface area contributed by atoms with E-state index in [0.717, 1.165) is 12.3 Å². The lowest BCUT2D eigenvalue weighted by molar-refractivity contribution is 0.0696. The molecule has 0 radical (unpaired) electrons. The number of carboxylic acid groups (broad SMARTS) is 1. The van der Waals surface area contributed by atoms with Gasteiger partial charge in [0.15, 0.2) is 0 Å². The molecule has 0 aliphatic heterocycles. The molecule has 0 saturated heterocycles. The number of carbonyl (C=O) groups is 1. The molecule has 0 bridgehead atoms. The second-order valence-electron chi connectivity index (χ2n) is 12.1. The van der Waals surface area contributed by atoms with E-state index in [4.69, 9.17) is 0 Å². The van der Waals surface area contributed by atoms with Crippen LogP contribution in [-0.2, 0) is 12.3 Å². The van der Waals surface area contributed by atoms with Crippen molar-refractivity contribution in [3.63, 3.8) is 0 Å². The molecule has 1 rings (SSSR count). The van der Waals surface area contributed by atoms with Crippen LogP contribution in [0.4, 0.5) is 0 Å². The Bertz CT molecular complexity index is 682. The largest absolute Gasteiger partial charge is 0.478 e. The van der Waals surface area contributed by atoms with E-state index in [9.17, 15) is 9.90 Å². The highest BCUT2D eigenvalue weighted by molar-refractivity contribution is 7.60. The predicted molar refractivity (Wildman–Crippen MR) is 134 cm³/mol. The van der Waals surface area contributed by atoms with Crippen molar-refractivity contribution in [2.45, 2.75) is 116 Å². The summed E-state index contributed by atoms with van der Waals surface area (Å²) in [5.41, 5.74) is 3.02. The van der Waals surface area contributed by atoms with Crippen molar-refractivity contribution in [1.29, 1.82) is 0 Å². The Morgan fingerprint density at radius 3 is 1.34 bits per heavy atom. The fourth-order valence-electron chi connectivity index (χ4n) is 4.36. The maximum atomic E-state index is 11.7. The maximum Gasteiger partial charge on any atom is 0.335 e. The number of rotatable bonds is 5. The molecule has 0 amide bonds. The zero-order chi connectivity index (χ0) is 23.0. The number of carboxylic acids is 1. The minimum atomic E-state index is -0.831. The zero-order valence-electron chi connectivity index (χ0n) is 20.9. The van der Waals surface area contributed by atoms with Crippen LogP contribution in [0.2, 0.25) is 0 Å². The van der Waals surface area contributed by atoms with Gasteiger partial charge in [-0.2, -0.15) is 0 Å². The molecule has 0 aromatic heterocycles. The summed E-state index contributed by atoms with van der Waals surface area (Å²) in [4.78, 5) is 11.7. The van der Waals surface area contributed by atoms with Crippen molar-refractivity contribution in [1.82, 2.24) is 0 Å². The highest BCUT2D eigenvalue weighted by Gasteiger charge is 2.37. The van der Waals surface area contributed by atoms with Crippen molar-refractivity contribution < 1.29 is 9.90 Å². The molecular weight excluding hydrogens is 394 g/mol. The fraction of sp³-hybridized carbons (Fsp3) is 0.720. The van der Waals surface area contributed by atoms with E-state index >= 15 is 0 Å². The Labute approximate surface area is 182 Å². The van der Waals surface area contributed by atoms with Crippen LogP contribution in [-0.4, -0.2) is 31.7 Å². The van der Waals surface area contributed by atoms with Gasteiger partial charge in [0.1, 0.15) is 0 Å². The minimum absolute atomic E-state index is 0.211. The van der Waals surface area contributed by atoms with Crippen LogP contribution in [0.3, 0.4) is 0 Å². The molecule has 1 aromatic rings. The van der Waals surface area contributed by atoms with E-state index in [1.807, 2.05) is 6.07 Å². The Hall–Kier alpha value is -0.450. The van der Waals surface area contributed by atoms with E-state index < -0.39 is 5.97 Å². The molecule has 0 saturated carbocycles. The van der Waals surface area contributed by atoms with Gasteiger partial charge in [-0.25, -0.2) is 4.79 Å². The van der Waals surface area contributed by atoms with Crippen LogP contribution < -0.4 is 0 Å². The SMILES string of the molecule is CC(C)(C)P(Cc1ccc(C(=O)O)cc1CP(C(C)(C)C)C(C)(C)C)C(C)(C)C. The van der Waals surface area contributed by atoms with Gasteiger partial charge in [-0.3, -0.25) is 0 Å². The van der Waals surface area contributed by atoms with E-state index in [-0.39, 0.29) is 36.5 Å². The van der Waals surface area contributed by atoms with Crippen molar-refractivity contribution in [3.8, 4) is 0 Å². The quantitative estimate of drug-likeness (QED) is 0.468. The molecule has 2 nitrogen and oxygen atoms in total. The highest BCUT2D eigenvalue weighted by atomic mass is 31.1. The van der Waals surface area contributed by atoms with Crippen LogP contribution >= 0.6 is 15.8 Å². The summed E-state index contributed by atoms with van der Waals surface area (Å²) in [6.45, 7) is 28.1. The molecule has 166 valence electrons. The summed E-state index contributed by atoms with van der Waals surface area (Å²) < 4.78 is 0. The number of aromatic carboxylic acids is 1. The molecule has 0 aliphatic carbocycles. The Balaban J connectivity index is 3.52. The van der Waals surface area contributed by atoms with Gasteiger partial charge in [0.25, 0.3) is 0 Å². The molecule has 1 N–H and O–H groups in total. The first-order valence-corrected chi connectivity index (χ1v) is 13.7. The van der Waals surface area contributed by atoms with E-state index in [2.05, 4.69) is 89.2 Å². The molecule has 0 unspecified atom stereocenters. The maximum absolute atomic E-state index is 11.7. The van der Waals surface area contributed by atoms with E-state index in [1.54, 1.807) is 6.07 Å². The lowest BCUT2D eigenvalue weighted by Gasteiger charge is -2.43. The van der Waals surface area contributed by atoms with E-state index in [1.165, 1.54) is 11.1 Å². The first-order valence-electron chi connectivity index (χ1n) is 10.6. The van der Waals surface area contributed by atoms with Gasteiger partial charge < -0.3 is 5.11 Å². The molecule has 4 heteroatoms. The summed E-state index contributed by atoms with van der Waals surface area (Å²) in [6, 6.07) is 5.87. The molecule has 0 atom stereocenters. The number of hydrogen-bond donors (Lipinski definition) is 1.